The van der Waals surface area contributed by atoms with Gasteiger partial charge in [0.2, 0.25) is 0 Å². The molecule has 0 aromatic carbocycles. The van der Waals surface area contributed by atoms with Gasteiger partial charge in [0.25, 0.3) is 10.1 Å². The molecule has 1 amide bonds. The van der Waals surface area contributed by atoms with Crippen LogP contribution in [0.2, 0.25) is 0 Å². The van der Waals surface area contributed by atoms with Crippen LogP contribution in [0.1, 0.15) is 41.0 Å². The first-order chi connectivity index (χ1) is 11.7. The molecule has 0 N–H and O–H groups in total. The van der Waals surface area contributed by atoms with Gasteiger partial charge in [0, 0.05) is 0 Å². The van der Waals surface area contributed by atoms with Gasteiger partial charge in [-0.2, -0.15) is 13.7 Å². The first-order valence-corrected chi connectivity index (χ1v) is 10.1. The molecule has 0 aromatic rings. The van der Waals surface area contributed by atoms with Crippen molar-refractivity contribution in [3.63, 3.8) is 0 Å². The van der Waals surface area contributed by atoms with Crippen LogP contribution in [-0.4, -0.2) is 68.0 Å². The number of ether oxygens (including phenoxy) is 3. The zero-order valence-corrected chi connectivity index (χ0v) is 16.7. The largest absolute Gasteiger partial charge is 0.444 e. The zero-order valence-electron chi connectivity index (χ0n) is 15.9. The molecule has 2 rings (SSSR count). The van der Waals surface area contributed by atoms with E-state index in [0.717, 1.165) is 6.26 Å². The van der Waals surface area contributed by atoms with Crippen LogP contribution in [-0.2, 0) is 28.5 Å². The molecule has 0 aromatic heterocycles. The second kappa shape index (κ2) is 6.96. The molecular weight excluding hydrogens is 364 g/mol. The van der Waals surface area contributed by atoms with Crippen LogP contribution in [0.4, 0.5) is 4.79 Å². The van der Waals surface area contributed by atoms with Crippen LogP contribution in [0, 0.1) is 11.3 Å². The maximum atomic E-state index is 12.8. The summed E-state index contributed by atoms with van der Waals surface area (Å²) in [5, 5.41) is 9.20. The van der Waals surface area contributed by atoms with Crippen molar-refractivity contribution in [2.75, 3.05) is 12.9 Å². The monoisotopic (exact) mass is 390 g/mol. The number of rotatable bonds is 4. The van der Waals surface area contributed by atoms with Crippen molar-refractivity contribution in [1.82, 2.24) is 4.90 Å². The molecule has 2 saturated heterocycles. The summed E-state index contributed by atoms with van der Waals surface area (Å²) in [5.74, 6) is -0.910. The predicted octanol–water partition coefficient (Wildman–Crippen LogP) is 1.38. The average molecular weight is 390 g/mol. The fraction of sp³-hybridized carbons (Fsp3) is 0.875. The molecule has 26 heavy (non-hydrogen) atoms. The highest BCUT2D eigenvalue weighted by atomic mass is 32.2. The van der Waals surface area contributed by atoms with Crippen LogP contribution in [0.5, 0.6) is 0 Å². The van der Waals surface area contributed by atoms with Gasteiger partial charge in [-0.1, -0.05) is 0 Å². The number of amides is 1. The number of hydrogen-bond acceptors (Lipinski definition) is 8. The van der Waals surface area contributed by atoms with Gasteiger partial charge in [-0.25, -0.2) is 4.79 Å². The minimum absolute atomic E-state index is 0.00474. The summed E-state index contributed by atoms with van der Waals surface area (Å²) >= 11 is 0. The summed E-state index contributed by atoms with van der Waals surface area (Å²) in [6.45, 7) is 8.31. The number of nitriles is 1. The molecule has 0 radical (unpaired) electrons. The Morgan fingerprint density at radius 3 is 2.23 bits per heavy atom. The molecule has 10 heteroatoms. The van der Waals surface area contributed by atoms with Gasteiger partial charge in [-0.15, -0.1) is 0 Å². The van der Waals surface area contributed by atoms with Crippen LogP contribution in [0.25, 0.3) is 0 Å². The van der Waals surface area contributed by atoms with Crippen molar-refractivity contribution in [3.05, 3.63) is 0 Å². The highest BCUT2D eigenvalue weighted by Gasteiger charge is 2.60. The van der Waals surface area contributed by atoms with Gasteiger partial charge in [0.05, 0.1) is 37.4 Å². The van der Waals surface area contributed by atoms with Crippen molar-refractivity contribution >= 4 is 16.2 Å². The first-order valence-electron chi connectivity index (χ1n) is 8.32. The number of nitrogens with zero attached hydrogens (tertiary/aromatic N) is 2. The predicted molar refractivity (Wildman–Crippen MR) is 90.5 cm³/mol. The van der Waals surface area contributed by atoms with Gasteiger partial charge >= 0.3 is 6.09 Å². The molecule has 2 aliphatic rings. The van der Waals surface area contributed by atoms with E-state index in [2.05, 4.69) is 0 Å². The molecule has 2 aliphatic heterocycles. The lowest BCUT2D eigenvalue weighted by Gasteiger charge is -2.34. The lowest BCUT2D eigenvalue weighted by Crippen LogP contribution is -2.50. The summed E-state index contributed by atoms with van der Waals surface area (Å²) in [6.07, 6.45) is -0.947. The first kappa shape index (κ1) is 20.9. The highest BCUT2D eigenvalue weighted by Crippen LogP contribution is 2.42. The van der Waals surface area contributed by atoms with Crippen molar-refractivity contribution < 1.29 is 31.6 Å². The summed E-state index contributed by atoms with van der Waals surface area (Å²) in [4.78, 5) is 14.1. The molecule has 4 unspecified atom stereocenters. The molecule has 4 atom stereocenters. The molecular formula is C16H26N2O7S. The van der Waals surface area contributed by atoms with E-state index in [9.17, 15) is 18.5 Å². The van der Waals surface area contributed by atoms with Crippen molar-refractivity contribution in [2.24, 2.45) is 0 Å². The number of fused-ring (bicyclic) bond motifs is 1. The van der Waals surface area contributed by atoms with E-state index in [1.807, 2.05) is 6.07 Å². The molecule has 0 spiro atoms. The van der Waals surface area contributed by atoms with E-state index in [1.165, 1.54) is 4.90 Å². The van der Waals surface area contributed by atoms with Crippen LogP contribution < -0.4 is 0 Å². The van der Waals surface area contributed by atoms with E-state index in [0.29, 0.717) is 0 Å². The third-order valence-corrected chi connectivity index (χ3v) is 4.56. The van der Waals surface area contributed by atoms with E-state index in [1.54, 1.807) is 34.6 Å². The van der Waals surface area contributed by atoms with Gasteiger partial charge < -0.3 is 14.2 Å². The SMILES string of the molecule is CC(C)(C)OC(=O)N1C(CC#N)C2OC(C)(C)OC2C1COS(C)(=O)=O. The topological polar surface area (TPSA) is 115 Å². The Balaban J connectivity index is 2.35. The fourth-order valence-corrected chi connectivity index (χ4v) is 3.62. The third kappa shape index (κ3) is 4.85. The minimum Gasteiger partial charge on any atom is -0.444 e. The fourth-order valence-electron chi connectivity index (χ4n) is 3.24. The van der Waals surface area contributed by atoms with Gasteiger partial charge in [0.15, 0.2) is 5.79 Å². The Kier molecular flexibility index (Phi) is 5.59. The number of likely N-dealkylation sites (tertiary alicyclic amines) is 1. The average Bonchev–Trinajstić information content (AvgIpc) is 2.86. The Hall–Kier alpha value is -1.41. The maximum absolute atomic E-state index is 12.8. The molecule has 0 bridgehead atoms. The minimum atomic E-state index is -3.72. The molecule has 9 nitrogen and oxygen atoms in total. The molecule has 2 fully saturated rings. The quantitative estimate of drug-likeness (QED) is 0.661. The summed E-state index contributed by atoms with van der Waals surface area (Å²) in [5.41, 5.74) is -0.755. The van der Waals surface area contributed by atoms with Crippen molar-refractivity contribution in [1.29, 1.82) is 5.26 Å². The van der Waals surface area contributed by atoms with Crippen molar-refractivity contribution in [2.45, 2.75) is 76.7 Å². The lowest BCUT2D eigenvalue weighted by atomic mass is 10.1. The van der Waals surface area contributed by atoms with Crippen molar-refractivity contribution in [3.8, 4) is 6.07 Å². The molecule has 0 aliphatic carbocycles. The summed E-state index contributed by atoms with van der Waals surface area (Å²) in [6, 6.07) is 0.657. The van der Waals surface area contributed by atoms with E-state index in [4.69, 9.17) is 18.4 Å². The number of hydrogen-bond donors (Lipinski definition) is 0. The Bertz CT molecular complexity index is 692. The van der Waals surface area contributed by atoms with Gasteiger partial charge in [0.1, 0.15) is 17.8 Å². The summed E-state index contributed by atoms with van der Waals surface area (Å²) in [7, 11) is -3.72. The van der Waals surface area contributed by atoms with Crippen LogP contribution >= 0.6 is 0 Å². The second-order valence-corrected chi connectivity index (χ2v) is 9.58. The Labute approximate surface area is 154 Å². The smallest absolute Gasteiger partial charge is 0.411 e. The van der Waals surface area contributed by atoms with E-state index >= 15 is 0 Å². The Morgan fingerprint density at radius 2 is 1.77 bits per heavy atom. The molecule has 0 saturated carbocycles. The van der Waals surface area contributed by atoms with E-state index < -0.39 is 51.9 Å². The third-order valence-electron chi connectivity index (χ3n) is 3.99. The van der Waals surface area contributed by atoms with Gasteiger partial charge in [-0.05, 0) is 34.6 Å². The van der Waals surface area contributed by atoms with Crippen LogP contribution in [0.15, 0.2) is 0 Å². The van der Waals surface area contributed by atoms with Gasteiger partial charge in [-0.3, -0.25) is 9.08 Å². The number of carbonyl (C=O) groups excluding carboxylic acids is 1. The molecule has 2 heterocycles. The normalized spacial score (nSPS) is 30.7. The van der Waals surface area contributed by atoms with E-state index in [-0.39, 0.29) is 13.0 Å². The second-order valence-electron chi connectivity index (χ2n) is 7.94. The zero-order chi connectivity index (χ0) is 19.9. The highest BCUT2D eigenvalue weighted by molar-refractivity contribution is 7.85. The maximum Gasteiger partial charge on any atom is 0.411 e. The van der Waals surface area contributed by atoms with Crippen LogP contribution in [0.3, 0.4) is 0 Å². The summed E-state index contributed by atoms with van der Waals surface area (Å²) < 4.78 is 45.0. The molecule has 148 valence electrons. The standard InChI is InChI=1S/C16H26N2O7S/c1-15(2,3)25-14(19)18-10(7-8-17)12-13(24-16(4,5)23-12)11(18)9-22-26(6,20)21/h10-13H,7,9H2,1-6H3. The number of carbonyl (C=O) groups is 1. The lowest BCUT2D eigenvalue weighted by molar-refractivity contribution is -0.167. The Morgan fingerprint density at radius 1 is 1.23 bits per heavy atom.